The van der Waals surface area contributed by atoms with Gasteiger partial charge in [-0.3, -0.25) is 0 Å². The Balaban J connectivity index is 2.95. The Kier molecular flexibility index (Phi) is 4.49. The lowest BCUT2D eigenvalue weighted by Gasteiger charge is -2.12. The first-order valence-electron chi connectivity index (χ1n) is 5.38. The molecule has 0 amide bonds. The molecule has 1 atom stereocenters. The van der Waals surface area contributed by atoms with Crippen LogP contribution in [0.2, 0.25) is 0 Å². The summed E-state index contributed by atoms with van der Waals surface area (Å²) in [5, 5.41) is 3.03. The standard InChI is InChI=1S/C11H19N3O/c1-5-9-7-10(12-4)14-11(13-9)8(3)15-6-2/h7-8H,5-6H2,1-4H3,(H,12,13,14). The number of aromatic nitrogens is 2. The zero-order valence-corrected chi connectivity index (χ0v) is 9.87. The maximum atomic E-state index is 5.47. The van der Waals surface area contributed by atoms with Gasteiger partial charge in [-0.25, -0.2) is 9.97 Å². The molecular weight excluding hydrogens is 190 g/mol. The van der Waals surface area contributed by atoms with E-state index in [0.29, 0.717) is 6.61 Å². The van der Waals surface area contributed by atoms with Crippen LogP contribution in [-0.2, 0) is 11.2 Å². The second-order valence-electron chi connectivity index (χ2n) is 3.30. The predicted octanol–water partition coefficient (Wildman–Crippen LogP) is 2.18. The maximum Gasteiger partial charge on any atom is 0.159 e. The average molecular weight is 209 g/mol. The smallest absolute Gasteiger partial charge is 0.159 e. The van der Waals surface area contributed by atoms with Crippen LogP contribution in [0.15, 0.2) is 6.07 Å². The minimum atomic E-state index is -0.0476. The molecule has 0 fully saturated rings. The molecule has 0 aromatic carbocycles. The molecule has 0 saturated carbocycles. The number of hydrogen-bond donors (Lipinski definition) is 1. The highest BCUT2D eigenvalue weighted by Crippen LogP contribution is 2.15. The SMILES string of the molecule is CCOC(C)c1nc(CC)cc(NC)n1. The van der Waals surface area contributed by atoms with Crippen molar-refractivity contribution >= 4 is 5.82 Å². The van der Waals surface area contributed by atoms with E-state index in [4.69, 9.17) is 4.74 Å². The fourth-order valence-electron chi connectivity index (χ4n) is 1.33. The van der Waals surface area contributed by atoms with E-state index in [0.717, 1.165) is 23.8 Å². The summed E-state index contributed by atoms with van der Waals surface area (Å²) in [5.74, 6) is 1.60. The monoisotopic (exact) mass is 209 g/mol. The number of hydrogen-bond acceptors (Lipinski definition) is 4. The summed E-state index contributed by atoms with van der Waals surface area (Å²) in [4.78, 5) is 8.81. The van der Waals surface area contributed by atoms with E-state index in [9.17, 15) is 0 Å². The minimum Gasteiger partial charge on any atom is -0.373 e. The van der Waals surface area contributed by atoms with Gasteiger partial charge in [0.05, 0.1) is 0 Å². The van der Waals surface area contributed by atoms with Gasteiger partial charge in [-0.05, 0) is 20.3 Å². The van der Waals surface area contributed by atoms with Crippen LogP contribution in [0, 0.1) is 0 Å². The molecule has 84 valence electrons. The molecule has 0 aliphatic heterocycles. The Labute approximate surface area is 91.1 Å². The summed E-state index contributed by atoms with van der Waals surface area (Å²) >= 11 is 0. The highest BCUT2D eigenvalue weighted by atomic mass is 16.5. The van der Waals surface area contributed by atoms with Crippen LogP contribution in [0.1, 0.15) is 38.4 Å². The summed E-state index contributed by atoms with van der Waals surface area (Å²) in [6.07, 6.45) is 0.858. The van der Waals surface area contributed by atoms with Crippen molar-refractivity contribution in [3.05, 3.63) is 17.6 Å². The van der Waals surface area contributed by atoms with Crippen LogP contribution < -0.4 is 5.32 Å². The molecule has 4 nitrogen and oxygen atoms in total. The number of nitrogens with one attached hydrogen (secondary N) is 1. The number of rotatable bonds is 5. The Morgan fingerprint density at radius 2 is 2.13 bits per heavy atom. The first-order chi connectivity index (χ1) is 7.21. The van der Waals surface area contributed by atoms with Crippen molar-refractivity contribution in [1.29, 1.82) is 0 Å². The highest BCUT2D eigenvalue weighted by Gasteiger charge is 2.10. The van der Waals surface area contributed by atoms with Crippen LogP contribution in [-0.4, -0.2) is 23.6 Å². The largest absolute Gasteiger partial charge is 0.373 e. The van der Waals surface area contributed by atoms with Gasteiger partial charge in [0.1, 0.15) is 11.9 Å². The highest BCUT2D eigenvalue weighted by molar-refractivity contribution is 5.35. The molecule has 1 heterocycles. The second kappa shape index (κ2) is 5.66. The van der Waals surface area contributed by atoms with Crippen molar-refractivity contribution in [3.8, 4) is 0 Å². The first kappa shape index (κ1) is 11.9. The quantitative estimate of drug-likeness (QED) is 0.807. The van der Waals surface area contributed by atoms with Crippen LogP contribution in [0.5, 0.6) is 0 Å². The molecule has 1 unspecified atom stereocenters. The molecule has 0 aliphatic rings. The van der Waals surface area contributed by atoms with E-state index in [1.54, 1.807) is 0 Å². The third kappa shape index (κ3) is 3.16. The third-order valence-corrected chi connectivity index (χ3v) is 2.20. The van der Waals surface area contributed by atoms with Crippen LogP contribution >= 0.6 is 0 Å². The van der Waals surface area contributed by atoms with Gasteiger partial charge in [0.25, 0.3) is 0 Å². The normalized spacial score (nSPS) is 12.5. The third-order valence-electron chi connectivity index (χ3n) is 2.20. The molecule has 0 saturated heterocycles. The molecule has 0 bridgehead atoms. The molecule has 0 radical (unpaired) electrons. The topological polar surface area (TPSA) is 47.0 Å². The molecule has 0 spiro atoms. The molecule has 1 aromatic heterocycles. The minimum absolute atomic E-state index is 0.0476. The lowest BCUT2D eigenvalue weighted by Crippen LogP contribution is -2.08. The van der Waals surface area contributed by atoms with Gasteiger partial charge in [-0.2, -0.15) is 0 Å². The first-order valence-corrected chi connectivity index (χ1v) is 5.38. The zero-order valence-electron chi connectivity index (χ0n) is 9.87. The molecule has 15 heavy (non-hydrogen) atoms. The number of nitrogens with zero attached hydrogens (tertiary/aromatic N) is 2. The molecule has 1 aromatic rings. The van der Waals surface area contributed by atoms with Gasteiger partial charge in [0, 0.05) is 25.4 Å². The van der Waals surface area contributed by atoms with Crippen molar-refractivity contribution in [1.82, 2.24) is 9.97 Å². The van der Waals surface area contributed by atoms with Crippen LogP contribution in [0.4, 0.5) is 5.82 Å². The van der Waals surface area contributed by atoms with Crippen molar-refractivity contribution in [2.75, 3.05) is 19.0 Å². The Morgan fingerprint density at radius 1 is 1.40 bits per heavy atom. The fraction of sp³-hybridized carbons (Fsp3) is 0.636. The van der Waals surface area contributed by atoms with Gasteiger partial charge in [0.2, 0.25) is 0 Å². The van der Waals surface area contributed by atoms with Crippen molar-refractivity contribution in [2.45, 2.75) is 33.3 Å². The lowest BCUT2D eigenvalue weighted by molar-refractivity contribution is 0.0700. The lowest BCUT2D eigenvalue weighted by atomic mass is 10.3. The molecular formula is C11H19N3O. The van der Waals surface area contributed by atoms with Crippen LogP contribution in [0.3, 0.4) is 0 Å². The van der Waals surface area contributed by atoms with Gasteiger partial charge < -0.3 is 10.1 Å². The molecule has 1 N–H and O–H groups in total. The van der Waals surface area contributed by atoms with E-state index in [1.165, 1.54) is 0 Å². The number of aryl methyl sites for hydroxylation is 1. The Bertz CT molecular complexity index is 292. The van der Waals surface area contributed by atoms with E-state index < -0.39 is 0 Å². The zero-order chi connectivity index (χ0) is 11.3. The molecule has 4 heteroatoms. The average Bonchev–Trinajstić information content (AvgIpc) is 2.28. The summed E-state index contributed by atoms with van der Waals surface area (Å²) in [6.45, 7) is 6.70. The second-order valence-corrected chi connectivity index (χ2v) is 3.30. The van der Waals surface area contributed by atoms with E-state index in [-0.39, 0.29) is 6.10 Å². The molecule has 0 aliphatic carbocycles. The van der Waals surface area contributed by atoms with Crippen molar-refractivity contribution < 1.29 is 4.74 Å². The number of anilines is 1. The fourth-order valence-corrected chi connectivity index (χ4v) is 1.33. The number of ether oxygens (including phenoxy) is 1. The van der Waals surface area contributed by atoms with Crippen molar-refractivity contribution in [2.24, 2.45) is 0 Å². The molecule has 1 rings (SSSR count). The van der Waals surface area contributed by atoms with Crippen LogP contribution in [0.25, 0.3) is 0 Å². The van der Waals surface area contributed by atoms with Gasteiger partial charge in [-0.15, -0.1) is 0 Å². The summed E-state index contributed by atoms with van der Waals surface area (Å²) in [6, 6.07) is 1.96. The van der Waals surface area contributed by atoms with E-state index in [2.05, 4.69) is 22.2 Å². The summed E-state index contributed by atoms with van der Waals surface area (Å²) in [5.41, 5.74) is 1.04. The Morgan fingerprint density at radius 3 is 2.67 bits per heavy atom. The predicted molar refractivity (Wildman–Crippen MR) is 61.0 cm³/mol. The van der Waals surface area contributed by atoms with Gasteiger partial charge in [-0.1, -0.05) is 6.92 Å². The summed E-state index contributed by atoms with van der Waals surface area (Å²) < 4.78 is 5.47. The van der Waals surface area contributed by atoms with E-state index >= 15 is 0 Å². The summed E-state index contributed by atoms with van der Waals surface area (Å²) in [7, 11) is 1.86. The van der Waals surface area contributed by atoms with E-state index in [1.807, 2.05) is 27.0 Å². The van der Waals surface area contributed by atoms with Gasteiger partial charge in [0.15, 0.2) is 5.82 Å². The van der Waals surface area contributed by atoms with Crippen molar-refractivity contribution in [3.63, 3.8) is 0 Å². The maximum absolute atomic E-state index is 5.47. The van der Waals surface area contributed by atoms with Gasteiger partial charge >= 0.3 is 0 Å². The Hall–Kier alpha value is -1.16.